The molecule has 0 N–H and O–H groups in total. The van der Waals surface area contributed by atoms with Crippen molar-refractivity contribution in [2.45, 2.75) is 32.8 Å². The summed E-state index contributed by atoms with van der Waals surface area (Å²) < 4.78 is 5.73. The van der Waals surface area contributed by atoms with Gasteiger partial charge in [0.2, 0.25) is 0 Å². The maximum atomic E-state index is 5.73. The lowest BCUT2D eigenvalue weighted by Gasteiger charge is -2.30. The van der Waals surface area contributed by atoms with Crippen LogP contribution in [0.1, 0.15) is 27.2 Å². The Morgan fingerprint density at radius 3 is 2.85 bits per heavy atom. The second-order valence-corrected chi connectivity index (χ2v) is 3.97. The minimum Gasteiger partial charge on any atom is -0.367 e. The molecule has 0 aromatic heterocycles. The van der Waals surface area contributed by atoms with Crippen molar-refractivity contribution in [1.82, 2.24) is 0 Å². The van der Waals surface area contributed by atoms with E-state index in [0.29, 0.717) is 6.61 Å². The maximum absolute atomic E-state index is 5.73. The highest BCUT2D eigenvalue weighted by molar-refractivity contribution is 5.30. The highest BCUT2D eigenvalue weighted by Crippen LogP contribution is 2.28. The lowest BCUT2D eigenvalue weighted by atomic mass is 9.89. The molecular formula is C12H18O. The highest BCUT2D eigenvalue weighted by Gasteiger charge is 2.24. The van der Waals surface area contributed by atoms with Gasteiger partial charge in [0.05, 0.1) is 12.2 Å². The molecule has 13 heavy (non-hydrogen) atoms. The molecule has 0 aromatic rings. The summed E-state index contributed by atoms with van der Waals surface area (Å²) in [6.07, 6.45) is 7.17. The number of ether oxygens (including phenoxy) is 1. The lowest BCUT2D eigenvalue weighted by Crippen LogP contribution is -2.28. The van der Waals surface area contributed by atoms with Crippen LogP contribution in [-0.4, -0.2) is 12.2 Å². The van der Waals surface area contributed by atoms with Crippen LogP contribution in [0.15, 0.2) is 36.0 Å². The molecule has 1 nitrogen and oxygen atoms in total. The minimum absolute atomic E-state index is 0.128. The van der Waals surface area contributed by atoms with E-state index in [1.54, 1.807) is 6.08 Å². The molecule has 0 aliphatic heterocycles. The Balaban J connectivity index is 2.71. The van der Waals surface area contributed by atoms with Gasteiger partial charge in [0.15, 0.2) is 0 Å². The molecule has 0 fully saturated rings. The van der Waals surface area contributed by atoms with Gasteiger partial charge in [-0.3, -0.25) is 0 Å². The molecule has 0 heterocycles. The van der Waals surface area contributed by atoms with Gasteiger partial charge in [0.1, 0.15) is 0 Å². The Hall–Kier alpha value is -0.820. The fraction of sp³-hybridized carbons (Fsp3) is 0.500. The van der Waals surface area contributed by atoms with Crippen LogP contribution in [0.25, 0.3) is 0 Å². The molecule has 1 atom stereocenters. The quantitative estimate of drug-likeness (QED) is 0.603. The summed E-state index contributed by atoms with van der Waals surface area (Å²) in [5.41, 5.74) is 2.54. The molecule has 1 aliphatic rings. The van der Waals surface area contributed by atoms with Crippen LogP contribution in [0.4, 0.5) is 0 Å². The lowest BCUT2D eigenvalue weighted by molar-refractivity contribution is 0.0226. The predicted octanol–water partition coefficient (Wildman–Crippen LogP) is 3.24. The van der Waals surface area contributed by atoms with Crippen molar-refractivity contribution >= 4 is 0 Å². The summed E-state index contributed by atoms with van der Waals surface area (Å²) in [6, 6.07) is 0. The molecule has 1 unspecified atom stereocenters. The van der Waals surface area contributed by atoms with Crippen LogP contribution in [0.2, 0.25) is 0 Å². The number of hydrogen-bond acceptors (Lipinski definition) is 1. The zero-order chi connectivity index (χ0) is 9.90. The molecule has 0 saturated carbocycles. The van der Waals surface area contributed by atoms with Crippen LogP contribution in [0, 0.1) is 0 Å². The van der Waals surface area contributed by atoms with Crippen molar-refractivity contribution < 1.29 is 4.74 Å². The van der Waals surface area contributed by atoms with E-state index in [1.165, 1.54) is 11.1 Å². The molecule has 0 spiro atoms. The first-order valence-electron chi connectivity index (χ1n) is 4.67. The van der Waals surface area contributed by atoms with Gasteiger partial charge >= 0.3 is 0 Å². The van der Waals surface area contributed by atoms with Gasteiger partial charge in [-0.2, -0.15) is 0 Å². The maximum Gasteiger partial charge on any atom is 0.0881 e. The van der Waals surface area contributed by atoms with Crippen molar-refractivity contribution in [2.75, 3.05) is 6.61 Å². The first-order valence-corrected chi connectivity index (χ1v) is 4.67. The van der Waals surface area contributed by atoms with Crippen molar-refractivity contribution in [3.8, 4) is 0 Å². The van der Waals surface area contributed by atoms with Gasteiger partial charge < -0.3 is 4.74 Å². The zero-order valence-electron chi connectivity index (χ0n) is 8.76. The Morgan fingerprint density at radius 2 is 2.31 bits per heavy atom. The van der Waals surface area contributed by atoms with Crippen molar-refractivity contribution in [2.24, 2.45) is 0 Å². The minimum atomic E-state index is -0.128. The van der Waals surface area contributed by atoms with Gasteiger partial charge in [0.25, 0.3) is 0 Å². The van der Waals surface area contributed by atoms with Gasteiger partial charge in [-0.05, 0) is 26.8 Å². The van der Waals surface area contributed by atoms with Crippen LogP contribution in [-0.2, 0) is 4.74 Å². The van der Waals surface area contributed by atoms with E-state index in [2.05, 4.69) is 39.5 Å². The summed E-state index contributed by atoms with van der Waals surface area (Å²) in [4.78, 5) is 0. The van der Waals surface area contributed by atoms with Crippen LogP contribution < -0.4 is 0 Å². The summed E-state index contributed by atoms with van der Waals surface area (Å²) >= 11 is 0. The molecule has 0 radical (unpaired) electrons. The van der Waals surface area contributed by atoms with Crippen LogP contribution in [0.3, 0.4) is 0 Å². The summed E-state index contributed by atoms with van der Waals surface area (Å²) in [5, 5.41) is 0. The third-order valence-electron chi connectivity index (χ3n) is 2.17. The molecule has 0 aromatic carbocycles. The fourth-order valence-electron chi connectivity index (χ4n) is 1.91. The Labute approximate surface area is 80.8 Å². The number of allylic oxidation sites excluding steroid dienone is 2. The standard InChI is InChI=1S/C12H18O/c1-5-6-13-12(4)8-10(2)7-11(3)9-12/h5,7-8H,1,6,9H2,2-4H3. The third-order valence-corrected chi connectivity index (χ3v) is 2.17. The smallest absolute Gasteiger partial charge is 0.0881 e. The largest absolute Gasteiger partial charge is 0.367 e. The van der Waals surface area contributed by atoms with Crippen LogP contribution >= 0.6 is 0 Å². The molecule has 0 amide bonds. The Bertz CT molecular complexity index is 260. The fourth-order valence-corrected chi connectivity index (χ4v) is 1.91. The summed E-state index contributed by atoms with van der Waals surface area (Å²) in [6.45, 7) is 10.6. The zero-order valence-corrected chi connectivity index (χ0v) is 8.76. The summed E-state index contributed by atoms with van der Waals surface area (Å²) in [5.74, 6) is 0. The first kappa shape index (κ1) is 10.3. The van der Waals surface area contributed by atoms with E-state index >= 15 is 0 Å². The molecule has 72 valence electrons. The number of hydrogen-bond donors (Lipinski definition) is 0. The normalized spacial score (nSPS) is 27.9. The monoisotopic (exact) mass is 178 g/mol. The second-order valence-electron chi connectivity index (χ2n) is 3.97. The Kier molecular flexibility index (Phi) is 3.10. The second kappa shape index (κ2) is 3.93. The van der Waals surface area contributed by atoms with Gasteiger partial charge in [0, 0.05) is 6.42 Å². The van der Waals surface area contributed by atoms with Gasteiger partial charge in [-0.1, -0.05) is 23.3 Å². The van der Waals surface area contributed by atoms with Crippen molar-refractivity contribution in [3.05, 3.63) is 36.0 Å². The Morgan fingerprint density at radius 1 is 1.62 bits per heavy atom. The van der Waals surface area contributed by atoms with E-state index in [0.717, 1.165) is 6.42 Å². The topological polar surface area (TPSA) is 9.23 Å². The van der Waals surface area contributed by atoms with E-state index in [1.807, 2.05) is 0 Å². The molecule has 1 rings (SSSR count). The van der Waals surface area contributed by atoms with E-state index in [-0.39, 0.29) is 5.60 Å². The SMILES string of the molecule is C=CCOC1(C)C=C(C)C=C(C)C1. The predicted molar refractivity (Wildman–Crippen MR) is 56.7 cm³/mol. The average Bonchev–Trinajstić information content (AvgIpc) is 1.98. The molecular weight excluding hydrogens is 160 g/mol. The molecule has 0 saturated heterocycles. The first-order chi connectivity index (χ1) is 6.06. The highest BCUT2D eigenvalue weighted by atomic mass is 16.5. The van der Waals surface area contributed by atoms with E-state index in [9.17, 15) is 0 Å². The van der Waals surface area contributed by atoms with Gasteiger partial charge in [-0.15, -0.1) is 6.58 Å². The van der Waals surface area contributed by atoms with Crippen LogP contribution in [0.5, 0.6) is 0 Å². The molecule has 1 aliphatic carbocycles. The molecule has 1 heteroatoms. The van der Waals surface area contributed by atoms with Crippen molar-refractivity contribution in [1.29, 1.82) is 0 Å². The van der Waals surface area contributed by atoms with Gasteiger partial charge in [-0.25, -0.2) is 0 Å². The molecule has 0 bridgehead atoms. The number of rotatable bonds is 3. The van der Waals surface area contributed by atoms with Crippen molar-refractivity contribution in [3.63, 3.8) is 0 Å². The van der Waals surface area contributed by atoms with E-state index in [4.69, 9.17) is 4.74 Å². The van der Waals surface area contributed by atoms with E-state index < -0.39 is 0 Å². The summed E-state index contributed by atoms with van der Waals surface area (Å²) in [7, 11) is 0. The third kappa shape index (κ3) is 2.85. The average molecular weight is 178 g/mol.